The van der Waals surface area contributed by atoms with Crippen LogP contribution in [0.3, 0.4) is 0 Å². The summed E-state index contributed by atoms with van der Waals surface area (Å²) in [4.78, 5) is 16.2. The number of rotatable bonds is 4. The van der Waals surface area contributed by atoms with Gasteiger partial charge in [0, 0.05) is 38.3 Å². The number of carbonyl (C=O) groups excluding carboxylic acids is 1. The van der Waals surface area contributed by atoms with Gasteiger partial charge in [0.05, 0.1) is 4.47 Å². The van der Waals surface area contributed by atoms with E-state index < -0.39 is 0 Å². The molecular weight excluding hydrogens is 322 g/mol. The second kappa shape index (κ2) is 7.06. The molecule has 5 nitrogen and oxygen atoms in total. The topological polar surface area (TPSA) is 58.8 Å². The van der Waals surface area contributed by atoms with Crippen molar-refractivity contribution in [3.05, 3.63) is 28.2 Å². The minimum atomic E-state index is 0.0248. The van der Waals surface area contributed by atoms with Gasteiger partial charge in [0.15, 0.2) is 6.61 Å². The quantitative estimate of drug-likeness (QED) is 0.889. The lowest BCUT2D eigenvalue weighted by atomic mass is 10.2. The fraction of sp³-hybridized carbons (Fsp3) is 0.500. The number of ether oxygens (including phenoxy) is 1. The van der Waals surface area contributed by atoms with Gasteiger partial charge in [-0.3, -0.25) is 4.79 Å². The minimum Gasteiger partial charge on any atom is -0.482 e. The number of piperazine rings is 1. The van der Waals surface area contributed by atoms with Crippen LogP contribution in [-0.2, 0) is 11.3 Å². The van der Waals surface area contributed by atoms with E-state index in [2.05, 4.69) is 27.9 Å². The third kappa shape index (κ3) is 3.71. The molecule has 0 radical (unpaired) electrons. The molecule has 0 spiro atoms. The van der Waals surface area contributed by atoms with E-state index in [0.717, 1.165) is 36.2 Å². The van der Waals surface area contributed by atoms with Crippen molar-refractivity contribution >= 4 is 21.8 Å². The SMILES string of the molecule is CN1CCN(C(=O)COc2c(Br)cccc2CN)CC1. The van der Waals surface area contributed by atoms with Gasteiger partial charge in [-0.1, -0.05) is 12.1 Å². The summed E-state index contributed by atoms with van der Waals surface area (Å²) < 4.78 is 6.49. The standard InChI is InChI=1S/C14H20BrN3O2/c1-17-5-7-18(8-6-17)13(19)10-20-14-11(9-16)3-2-4-12(14)15/h2-4H,5-10,16H2,1H3. The lowest BCUT2D eigenvalue weighted by Crippen LogP contribution is -2.48. The summed E-state index contributed by atoms with van der Waals surface area (Å²) in [6.45, 7) is 3.79. The number of hydrogen-bond donors (Lipinski definition) is 1. The molecule has 1 saturated heterocycles. The normalized spacial score (nSPS) is 16.2. The van der Waals surface area contributed by atoms with Crippen LogP contribution in [0.2, 0.25) is 0 Å². The molecule has 1 heterocycles. The zero-order valence-corrected chi connectivity index (χ0v) is 13.2. The molecule has 0 bridgehead atoms. The van der Waals surface area contributed by atoms with Crippen LogP contribution >= 0.6 is 15.9 Å². The Morgan fingerprint density at radius 1 is 1.35 bits per heavy atom. The Hall–Kier alpha value is -1.11. The maximum absolute atomic E-state index is 12.1. The zero-order chi connectivity index (χ0) is 14.5. The maximum atomic E-state index is 12.1. The minimum absolute atomic E-state index is 0.0248. The molecule has 20 heavy (non-hydrogen) atoms. The summed E-state index contributed by atoms with van der Waals surface area (Å²) in [5.74, 6) is 0.689. The van der Waals surface area contributed by atoms with E-state index in [1.54, 1.807) is 0 Å². The Bertz CT molecular complexity index is 473. The van der Waals surface area contributed by atoms with Crippen LogP contribution in [0.15, 0.2) is 22.7 Å². The predicted octanol–water partition coefficient (Wildman–Crippen LogP) is 1.06. The number of halogens is 1. The van der Waals surface area contributed by atoms with E-state index in [1.165, 1.54) is 0 Å². The first-order valence-corrected chi connectivity index (χ1v) is 7.47. The van der Waals surface area contributed by atoms with Gasteiger partial charge in [-0.2, -0.15) is 0 Å². The first kappa shape index (κ1) is 15.3. The van der Waals surface area contributed by atoms with Crippen LogP contribution in [0.5, 0.6) is 5.75 Å². The molecule has 1 aliphatic heterocycles. The molecule has 6 heteroatoms. The second-order valence-corrected chi connectivity index (χ2v) is 5.76. The number of amides is 1. The van der Waals surface area contributed by atoms with E-state index >= 15 is 0 Å². The fourth-order valence-corrected chi connectivity index (χ4v) is 2.68. The molecule has 2 rings (SSSR count). The predicted molar refractivity (Wildman–Crippen MR) is 81.6 cm³/mol. The number of para-hydroxylation sites is 1. The van der Waals surface area contributed by atoms with Gasteiger partial charge in [0.25, 0.3) is 5.91 Å². The summed E-state index contributed by atoms with van der Waals surface area (Å²) in [6, 6.07) is 5.69. The van der Waals surface area contributed by atoms with Gasteiger partial charge in [-0.05, 0) is 29.0 Å². The number of likely N-dealkylation sites (N-methyl/N-ethyl adjacent to an activating group) is 1. The number of carbonyl (C=O) groups is 1. The van der Waals surface area contributed by atoms with Crippen molar-refractivity contribution in [3.63, 3.8) is 0 Å². The zero-order valence-electron chi connectivity index (χ0n) is 11.6. The molecule has 1 fully saturated rings. The van der Waals surface area contributed by atoms with Gasteiger partial charge in [0.1, 0.15) is 5.75 Å². The number of nitrogens with zero attached hydrogens (tertiary/aromatic N) is 2. The molecule has 1 amide bonds. The average Bonchev–Trinajstić information content (AvgIpc) is 2.46. The molecule has 0 atom stereocenters. The first-order chi connectivity index (χ1) is 9.61. The Labute approximate surface area is 127 Å². The highest BCUT2D eigenvalue weighted by Gasteiger charge is 2.20. The molecule has 0 unspecified atom stereocenters. The highest BCUT2D eigenvalue weighted by molar-refractivity contribution is 9.10. The van der Waals surface area contributed by atoms with Gasteiger partial charge in [-0.15, -0.1) is 0 Å². The summed E-state index contributed by atoms with van der Waals surface area (Å²) in [7, 11) is 2.06. The number of hydrogen-bond acceptors (Lipinski definition) is 4. The van der Waals surface area contributed by atoms with Gasteiger partial charge < -0.3 is 20.3 Å². The third-order valence-corrected chi connectivity index (χ3v) is 4.09. The first-order valence-electron chi connectivity index (χ1n) is 6.68. The van der Waals surface area contributed by atoms with E-state index in [0.29, 0.717) is 12.3 Å². The summed E-state index contributed by atoms with van der Waals surface area (Å²) >= 11 is 3.43. The monoisotopic (exact) mass is 341 g/mol. The van der Waals surface area contributed by atoms with Crippen LogP contribution in [0.25, 0.3) is 0 Å². The number of nitrogens with two attached hydrogens (primary N) is 1. The largest absolute Gasteiger partial charge is 0.482 e. The summed E-state index contributed by atoms with van der Waals surface area (Å²) in [6.07, 6.45) is 0. The molecule has 1 aromatic rings. The Morgan fingerprint density at radius 2 is 2.05 bits per heavy atom. The van der Waals surface area contributed by atoms with Crippen molar-refractivity contribution in [2.45, 2.75) is 6.54 Å². The van der Waals surface area contributed by atoms with Crippen LogP contribution in [0, 0.1) is 0 Å². The molecule has 1 aliphatic rings. The van der Waals surface area contributed by atoms with Crippen LogP contribution in [0.1, 0.15) is 5.56 Å². The molecule has 1 aromatic carbocycles. The highest BCUT2D eigenvalue weighted by atomic mass is 79.9. The van der Waals surface area contributed by atoms with Crippen molar-refractivity contribution in [1.29, 1.82) is 0 Å². The van der Waals surface area contributed by atoms with Gasteiger partial charge in [0.2, 0.25) is 0 Å². The maximum Gasteiger partial charge on any atom is 0.260 e. The molecular formula is C14H20BrN3O2. The van der Waals surface area contributed by atoms with Crippen molar-refractivity contribution in [3.8, 4) is 5.75 Å². The summed E-state index contributed by atoms with van der Waals surface area (Å²) in [5, 5.41) is 0. The van der Waals surface area contributed by atoms with Crippen LogP contribution < -0.4 is 10.5 Å². The van der Waals surface area contributed by atoms with Crippen molar-refractivity contribution in [2.75, 3.05) is 39.8 Å². The Kier molecular flexibility index (Phi) is 5.39. The lowest BCUT2D eigenvalue weighted by molar-refractivity contribution is -0.134. The molecule has 110 valence electrons. The highest BCUT2D eigenvalue weighted by Crippen LogP contribution is 2.28. The van der Waals surface area contributed by atoms with Crippen molar-refractivity contribution in [2.24, 2.45) is 5.73 Å². The third-order valence-electron chi connectivity index (χ3n) is 3.46. The van der Waals surface area contributed by atoms with Crippen molar-refractivity contribution < 1.29 is 9.53 Å². The van der Waals surface area contributed by atoms with Crippen LogP contribution in [-0.4, -0.2) is 55.5 Å². The second-order valence-electron chi connectivity index (χ2n) is 4.90. The van der Waals surface area contributed by atoms with E-state index in [4.69, 9.17) is 10.5 Å². The van der Waals surface area contributed by atoms with E-state index in [-0.39, 0.29) is 12.5 Å². The molecule has 2 N–H and O–H groups in total. The fourth-order valence-electron chi connectivity index (χ4n) is 2.16. The Morgan fingerprint density at radius 3 is 2.70 bits per heavy atom. The summed E-state index contributed by atoms with van der Waals surface area (Å²) in [5.41, 5.74) is 6.58. The molecule has 0 aromatic heterocycles. The Balaban J connectivity index is 1.93. The van der Waals surface area contributed by atoms with Crippen molar-refractivity contribution in [1.82, 2.24) is 9.80 Å². The lowest BCUT2D eigenvalue weighted by Gasteiger charge is -2.32. The molecule has 0 saturated carbocycles. The smallest absolute Gasteiger partial charge is 0.260 e. The van der Waals surface area contributed by atoms with Gasteiger partial charge in [-0.25, -0.2) is 0 Å². The van der Waals surface area contributed by atoms with E-state index in [9.17, 15) is 4.79 Å². The number of benzene rings is 1. The molecule has 0 aliphatic carbocycles. The average molecular weight is 342 g/mol. The van der Waals surface area contributed by atoms with E-state index in [1.807, 2.05) is 23.1 Å². The van der Waals surface area contributed by atoms with Gasteiger partial charge >= 0.3 is 0 Å². The van der Waals surface area contributed by atoms with Crippen LogP contribution in [0.4, 0.5) is 0 Å².